The maximum absolute atomic E-state index is 13.3. The number of anilines is 2. The van der Waals surface area contributed by atoms with Crippen LogP contribution in [-0.2, 0) is 22.6 Å². The van der Waals surface area contributed by atoms with E-state index in [4.69, 9.17) is 26.2 Å². The smallest absolute Gasteiger partial charge is 0.354 e. The van der Waals surface area contributed by atoms with Gasteiger partial charge in [-0.15, -0.1) is 0 Å². The number of benzene rings is 2. The molecule has 0 amide bonds. The number of carboxylic acid groups (broad SMARTS) is 1. The van der Waals surface area contributed by atoms with Gasteiger partial charge in [0.05, 0.1) is 19.4 Å². The zero-order valence-electron chi connectivity index (χ0n) is 20.8. The highest BCUT2D eigenvalue weighted by Gasteiger charge is 2.17. The molecule has 1 atom stereocenters. The number of hydrogen-bond acceptors (Lipinski definition) is 8. The maximum atomic E-state index is 13.3. The summed E-state index contributed by atoms with van der Waals surface area (Å²) >= 11 is 5.98. The summed E-state index contributed by atoms with van der Waals surface area (Å²) in [6.45, 7) is 1.65. The maximum Gasteiger partial charge on any atom is 0.354 e. The number of dihydropyridines is 1. The lowest BCUT2D eigenvalue weighted by Crippen LogP contribution is -2.43. The van der Waals surface area contributed by atoms with E-state index >= 15 is 0 Å². The van der Waals surface area contributed by atoms with Gasteiger partial charge in [-0.25, -0.2) is 14.2 Å². The first-order valence-corrected chi connectivity index (χ1v) is 12.1. The van der Waals surface area contributed by atoms with Crippen LogP contribution in [0.4, 0.5) is 11.6 Å². The summed E-state index contributed by atoms with van der Waals surface area (Å²) in [6.07, 6.45) is 3.24. The first-order valence-electron chi connectivity index (χ1n) is 11.7. The zero-order valence-corrected chi connectivity index (χ0v) is 21.5. The fraction of sp³-hybridized carbons (Fsp3) is 0.269. The summed E-state index contributed by atoms with van der Waals surface area (Å²) in [5, 5.41) is 12.6. The highest BCUT2D eigenvalue weighted by Crippen LogP contribution is 2.27. The van der Waals surface area contributed by atoms with E-state index in [2.05, 4.69) is 15.3 Å². The van der Waals surface area contributed by atoms with E-state index in [-0.39, 0.29) is 25.3 Å². The van der Waals surface area contributed by atoms with E-state index in [1.807, 2.05) is 6.92 Å². The Morgan fingerprint density at radius 3 is 2.63 bits per heavy atom. The standard InChI is InChI=1S/C26H26ClN5O6/c1-16-13-19(7-8-21(16)38-20-9-11-28-22(14-20)37-2)29-24-30-25(35)31(12-10-23(33)34)26(36)32(24)15-17-3-5-18(27)6-4-17/h3-9,11,13,22H,10,12,14-15H2,1-2H3,(H,33,34)(H,29,30,35). The van der Waals surface area contributed by atoms with Crippen molar-refractivity contribution in [3.63, 3.8) is 0 Å². The third kappa shape index (κ3) is 6.55. The fourth-order valence-corrected chi connectivity index (χ4v) is 3.91. The molecule has 1 aliphatic rings. The quantitative estimate of drug-likeness (QED) is 0.400. The molecule has 1 unspecified atom stereocenters. The van der Waals surface area contributed by atoms with Gasteiger partial charge in [-0.05, 0) is 54.5 Å². The third-order valence-electron chi connectivity index (χ3n) is 5.79. The van der Waals surface area contributed by atoms with Crippen LogP contribution in [0.2, 0.25) is 5.02 Å². The van der Waals surface area contributed by atoms with Crippen molar-refractivity contribution in [2.24, 2.45) is 4.99 Å². The summed E-state index contributed by atoms with van der Waals surface area (Å²) in [4.78, 5) is 45.2. The normalized spacial score (nSPS) is 14.7. The minimum Gasteiger partial charge on any atom is -0.481 e. The van der Waals surface area contributed by atoms with Crippen LogP contribution in [0.15, 0.2) is 68.9 Å². The summed E-state index contributed by atoms with van der Waals surface area (Å²) in [5.41, 5.74) is 0.584. The number of allylic oxidation sites excluding steroid dienone is 1. The summed E-state index contributed by atoms with van der Waals surface area (Å²) in [7, 11) is 1.59. The van der Waals surface area contributed by atoms with Crippen LogP contribution in [0.25, 0.3) is 0 Å². The lowest BCUT2D eigenvalue weighted by atomic mass is 10.2. The van der Waals surface area contributed by atoms with Crippen molar-refractivity contribution in [1.82, 2.24) is 14.1 Å². The number of hydrogen-bond donors (Lipinski definition) is 2. The van der Waals surface area contributed by atoms with Crippen molar-refractivity contribution in [3.8, 4) is 5.75 Å². The SMILES string of the molecule is COC1CC(Oc2ccc(Nc3nc(=O)n(CCC(=O)O)c(=O)n3Cc3ccc(Cl)cc3)cc2C)=CC=N1. The number of aromatic nitrogens is 3. The molecule has 2 heterocycles. The Morgan fingerprint density at radius 1 is 1.18 bits per heavy atom. The average Bonchev–Trinajstić information content (AvgIpc) is 2.89. The van der Waals surface area contributed by atoms with Crippen LogP contribution in [-0.4, -0.2) is 44.7 Å². The molecule has 0 fully saturated rings. The molecule has 1 aliphatic heterocycles. The van der Waals surface area contributed by atoms with Crippen LogP contribution in [0.1, 0.15) is 24.0 Å². The topological polar surface area (TPSA) is 137 Å². The van der Waals surface area contributed by atoms with Gasteiger partial charge in [0.15, 0.2) is 6.23 Å². The molecule has 0 spiro atoms. The number of nitrogens with zero attached hydrogens (tertiary/aromatic N) is 4. The van der Waals surface area contributed by atoms with Crippen molar-refractivity contribution in [3.05, 3.63) is 91.4 Å². The van der Waals surface area contributed by atoms with Crippen molar-refractivity contribution in [2.75, 3.05) is 12.4 Å². The Balaban J connectivity index is 1.64. The molecule has 2 aromatic carbocycles. The van der Waals surface area contributed by atoms with Crippen LogP contribution >= 0.6 is 11.6 Å². The molecule has 3 aromatic rings. The minimum absolute atomic E-state index is 0.0173. The highest BCUT2D eigenvalue weighted by molar-refractivity contribution is 6.30. The molecule has 0 saturated heterocycles. The number of halogens is 1. The van der Waals surface area contributed by atoms with E-state index in [0.717, 1.165) is 15.7 Å². The molecular weight excluding hydrogens is 514 g/mol. The predicted octanol–water partition coefficient (Wildman–Crippen LogP) is 3.34. The number of carboxylic acids is 1. The number of ether oxygens (including phenoxy) is 2. The molecule has 0 bridgehead atoms. The molecule has 4 rings (SSSR count). The third-order valence-corrected chi connectivity index (χ3v) is 6.04. The molecule has 198 valence electrons. The lowest BCUT2D eigenvalue weighted by molar-refractivity contribution is -0.137. The molecule has 0 radical (unpaired) electrons. The number of nitrogens with one attached hydrogen (secondary N) is 1. The van der Waals surface area contributed by atoms with Gasteiger partial charge in [0, 0.05) is 30.6 Å². The van der Waals surface area contributed by atoms with Crippen LogP contribution in [0.5, 0.6) is 5.75 Å². The Hall–Kier alpha value is -4.22. The van der Waals surface area contributed by atoms with Gasteiger partial charge in [0.2, 0.25) is 5.95 Å². The Bertz CT molecular complexity index is 1510. The second-order valence-corrected chi connectivity index (χ2v) is 8.98. The first kappa shape index (κ1) is 26.8. The number of aliphatic imine (C=N–C) groups is 1. The number of carbonyl (C=O) groups is 1. The van der Waals surface area contributed by atoms with Gasteiger partial charge in [-0.3, -0.25) is 14.4 Å². The van der Waals surface area contributed by atoms with Crippen molar-refractivity contribution in [2.45, 2.75) is 39.1 Å². The fourth-order valence-electron chi connectivity index (χ4n) is 3.79. The van der Waals surface area contributed by atoms with Crippen LogP contribution < -0.4 is 21.4 Å². The second kappa shape index (κ2) is 11.9. The number of methoxy groups -OCH3 is 1. The van der Waals surface area contributed by atoms with Gasteiger partial charge < -0.3 is 19.9 Å². The molecule has 38 heavy (non-hydrogen) atoms. The summed E-state index contributed by atoms with van der Waals surface area (Å²) < 4.78 is 13.4. The van der Waals surface area contributed by atoms with Gasteiger partial charge in [0.1, 0.15) is 11.5 Å². The van der Waals surface area contributed by atoms with E-state index in [0.29, 0.717) is 28.6 Å². The van der Waals surface area contributed by atoms with E-state index in [1.54, 1.807) is 61.9 Å². The number of aliphatic carboxylic acids is 1. The second-order valence-electron chi connectivity index (χ2n) is 8.54. The molecule has 2 N–H and O–H groups in total. The van der Waals surface area contributed by atoms with Gasteiger partial charge in [-0.1, -0.05) is 23.7 Å². The Morgan fingerprint density at radius 2 is 1.95 bits per heavy atom. The summed E-state index contributed by atoms with van der Waals surface area (Å²) in [6, 6.07) is 12.2. The molecule has 11 nitrogen and oxygen atoms in total. The predicted molar refractivity (Wildman–Crippen MR) is 143 cm³/mol. The van der Waals surface area contributed by atoms with E-state index in [1.165, 1.54) is 4.57 Å². The number of aryl methyl sites for hydroxylation is 1. The highest BCUT2D eigenvalue weighted by atomic mass is 35.5. The number of rotatable bonds is 10. The Kier molecular flexibility index (Phi) is 8.39. The van der Waals surface area contributed by atoms with Crippen molar-refractivity contribution >= 4 is 35.4 Å². The summed E-state index contributed by atoms with van der Waals surface area (Å²) in [5.74, 6) is 0.222. The Labute approximate surface area is 222 Å². The average molecular weight is 540 g/mol. The van der Waals surface area contributed by atoms with E-state index in [9.17, 15) is 14.4 Å². The minimum atomic E-state index is -1.13. The molecule has 1 aromatic heterocycles. The van der Waals surface area contributed by atoms with Crippen molar-refractivity contribution < 1.29 is 19.4 Å². The zero-order chi connectivity index (χ0) is 27.2. The molecular formula is C26H26ClN5O6. The molecule has 12 heteroatoms. The molecule has 0 aliphatic carbocycles. The first-order chi connectivity index (χ1) is 18.2. The van der Waals surface area contributed by atoms with Crippen molar-refractivity contribution in [1.29, 1.82) is 0 Å². The van der Waals surface area contributed by atoms with Gasteiger partial charge in [-0.2, -0.15) is 4.98 Å². The largest absolute Gasteiger partial charge is 0.481 e. The monoisotopic (exact) mass is 539 g/mol. The van der Waals surface area contributed by atoms with E-state index < -0.39 is 23.8 Å². The van der Waals surface area contributed by atoms with Crippen LogP contribution in [0, 0.1) is 6.92 Å². The van der Waals surface area contributed by atoms with Gasteiger partial charge >= 0.3 is 17.3 Å². The van der Waals surface area contributed by atoms with Crippen LogP contribution in [0.3, 0.4) is 0 Å². The van der Waals surface area contributed by atoms with Gasteiger partial charge in [0.25, 0.3) is 0 Å². The lowest BCUT2D eigenvalue weighted by Gasteiger charge is -2.19. The molecule has 0 saturated carbocycles.